The number of carbonyl (C=O) groups excluding carboxylic acids is 1. The van der Waals surface area contributed by atoms with Gasteiger partial charge in [-0.15, -0.1) is 0 Å². The molecule has 2 aromatic rings. The van der Waals surface area contributed by atoms with Gasteiger partial charge in [0.25, 0.3) is 5.91 Å². The monoisotopic (exact) mass is 329 g/mol. The average Bonchev–Trinajstić information content (AvgIpc) is 2.58. The standard InChI is InChI=1S/C17H19N3O4/c1-12-9-19-15(11-18-12)17(23)20-10-13-4-6-14(7-5-13)24-8-2-3-16(21)22/h4-7,9,11H,2-3,8,10H2,1H3,(H,20,23)(H,21,22). The number of aromatic nitrogens is 2. The van der Waals surface area contributed by atoms with E-state index < -0.39 is 5.97 Å². The van der Waals surface area contributed by atoms with Crippen molar-refractivity contribution < 1.29 is 19.4 Å². The van der Waals surface area contributed by atoms with Crippen molar-refractivity contribution in [3.63, 3.8) is 0 Å². The molecule has 7 nitrogen and oxygen atoms in total. The number of hydrogen-bond donors (Lipinski definition) is 2. The molecule has 2 rings (SSSR count). The number of hydrogen-bond acceptors (Lipinski definition) is 5. The van der Waals surface area contributed by atoms with Crippen LogP contribution in [0.5, 0.6) is 5.75 Å². The van der Waals surface area contributed by atoms with Gasteiger partial charge in [0, 0.05) is 19.2 Å². The molecule has 1 heterocycles. The highest BCUT2D eigenvalue weighted by molar-refractivity contribution is 5.91. The molecule has 1 amide bonds. The highest BCUT2D eigenvalue weighted by Gasteiger charge is 2.07. The summed E-state index contributed by atoms with van der Waals surface area (Å²) in [6.07, 6.45) is 3.54. The molecule has 0 spiro atoms. The van der Waals surface area contributed by atoms with E-state index in [-0.39, 0.29) is 18.0 Å². The van der Waals surface area contributed by atoms with Crippen LogP contribution in [-0.4, -0.2) is 33.6 Å². The second-order valence-electron chi connectivity index (χ2n) is 5.22. The van der Waals surface area contributed by atoms with Crippen LogP contribution in [0.25, 0.3) is 0 Å². The van der Waals surface area contributed by atoms with Gasteiger partial charge in [-0.3, -0.25) is 14.6 Å². The Balaban J connectivity index is 1.78. The fourth-order valence-electron chi connectivity index (χ4n) is 1.90. The van der Waals surface area contributed by atoms with Crippen molar-refractivity contribution >= 4 is 11.9 Å². The van der Waals surface area contributed by atoms with Crippen molar-refractivity contribution in [2.45, 2.75) is 26.3 Å². The molecule has 0 saturated carbocycles. The summed E-state index contributed by atoms with van der Waals surface area (Å²) in [7, 11) is 0. The van der Waals surface area contributed by atoms with Crippen LogP contribution in [0.15, 0.2) is 36.7 Å². The molecule has 0 aliphatic rings. The predicted octanol–water partition coefficient (Wildman–Crippen LogP) is 1.96. The van der Waals surface area contributed by atoms with Crippen LogP contribution in [0.1, 0.15) is 34.6 Å². The molecule has 0 aliphatic carbocycles. The van der Waals surface area contributed by atoms with Gasteiger partial charge in [-0.2, -0.15) is 0 Å². The number of benzene rings is 1. The normalized spacial score (nSPS) is 10.2. The summed E-state index contributed by atoms with van der Waals surface area (Å²) in [6, 6.07) is 7.25. The Hall–Kier alpha value is -2.96. The number of aliphatic carboxylic acids is 1. The molecule has 0 radical (unpaired) electrons. The van der Waals surface area contributed by atoms with Gasteiger partial charge in [-0.25, -0.2) is 4.98 Å². The molecule has 2 N–H and O–H groups in total. The third-order valence-corrected chi connectivity index (χ3v) is 3.19. The Bertz CT molecular complexity index is 684. The lowest BCUT2D eigenvalue weighted by molar-refractivity contribution is -0.137. The topological polar surface area (TPSA) is 101 Å². The molecule has 1 aromatic carbocycles. The van der Waals surface area contributed by atoms with Gasteiger partial charge >= 0.3 is 5.97 Å². The fraction of sp³-hybridized carbons (Fsp3) is 0.294. The summed E-state index contributed by atoms with van der Waals surface area (Å²) < 4.78 is 5.45. The molecule has 0 fully saturated rings. The summed E-state index contributed by atoms with van der Waals surface area (Å²) in [5.41, 5.74) is 1.95. The lowest BCUT2D eigenvalue weighted by atomic mass is 10.2. The highest BCUT2D eigenvalue weighted by atomic mass is 16.5. The summed E-state index contributed by atoms with van der Waals surface area (Å²) in [6.45, 7) is 2.53. The van der Waals surface area contributed by atoms with E-state index in [0.717, 1.165) is 11.3 Å². The van der Waals surface area contributed by atoms with Crippen molar-refractivity contribution in [3.8, 4) is 5.75 Å². The maximum atomic E-state index is 11.9. The zero-order valence-electron chi connectivity index (χ0n) is 13.4. The van der Waals surface area contributed by atoms with Gasteiger partial charge in [0.05, 0.1) is 18.5 Å². The van der Waals surface area contributed by atoms with E-state index in [0.29, 0.717) is 25.3 Å². The Morgan fingerprint density at radius 1 is 1.17 bits per heavy atom. The van der Waals surface area contributed by atoms with Gasteiger partial charge < -0.3 is 15.2 Å². The third kappa shape index (κ3) is 5.68. The van der Waals surface area contributed by atoms with E-state index >= 15 is 0 Å². The highest BCUT2D eigenvalue weighted by Crippen LogP contribution is 2.12. The molecule has 0 bridgehead atoms. The molecule has 1 aromatic heterocycles. The first-order valence-corrected chi connectivity index (χ1v) is 7.55. The second-order valence-corrected chi connectivity index (χ2v) is 5.22. The number of carboxylic acids is 1. The number of nitrogens with zero attached hydrogens (tertiary/aromatic N) is 2. The molecular weight excluding hydrogens is 310 g/mol. The van der Waals surface area contributed by atoms with E-state index in [1.165, 1.54) is 6.20 Å². The summed E-state index contributed by atoms with van der Waals surface area (Å²) >= 11 is 0. The van der Waals surface area contributed by atoms with Crippen LogP contribution in [0.3, 0.4) is 0 Å². The van der Waals surface area contributed by atoms with Gasteiger partial charge in [0.15, 0.2) is 0 Å². The Labute approximate surface area is 139 Å². The largest absolute Gasteiger partial charge is 0.494 e. The smallest absolute Gasteiger partial charge is 0.303 e. The van der Waals surface area contributed by atoms with E-state index in [4.69, 9.17) is 9.84 Å². The molecule has 0 unspecified atom stereocenters. The molecule has 7 heteroatoms. The first-order chi connectivity index (χ1) is 11.5. The number of carbonyl (C=O) groups is 2. The average molecular weight is 329 g/mol. The molecule has 0 saturated heterocycles. The summed E-state index contributed by atoms with van der Waals surface area (Å²) in [5.74, 6) is -0.445. The second kappa shape index (κ2) is 8.61. The van der Waals surface area contributed by atoms with Gasteiger partial charge in [0.1, 0.15) is 11.4 Å². The lowest BCUT2D eigenvalue weighted by Gasteiger charge is -2.08. The van der Waals surface area contributed by atoms with E-state index in [1.54, 1.807) is 25.3 Å². The minimum atomic E-state index is -0.831. The molecule has 0 atom stereocenters. The van der Waals surface area contributed by atoms with E-state index in [2.05, 4.69) is 15.3 Å². The van der Waals surface area contributed by atoms with Crippen molar-refractivity contribution in [2.24, 2.45) is 0 Å². The number of nitrogens with one attached hydrogen (secondary N) is 1. The predicted molar refractivity (Wildman–Crippen MR) is 86.7 cm³/mol. The quantitative estimate of drug-likeness (QED) is 0.718. The van der Waals surface area contributed by atoms with Crippen LogP contribution in [0.4, 0.5) is 0 Å². The first kappa shape index (κ1) is 17.4. The Morgan fingerprint density at radius 3 is 2.54 bits per heavy atom. The molecule has 126 valence electrons. The summed E-state index contributed by atoms with van der Waals surface area (Å²) in [5, 5.41) is 11.3. The maximum Gasteiger partial charge on any atom is 0.303 e. The van der Waals surface area contributed by atoms with Crippen LogP contribution >= 0.6 is 0 Å². The molecule has 0 aliphatic heterocycles. The summed E-state index contributed by atoms with van der Waals surface area (Å²) in [4.78, 5) is 30.4. The van der Waals surface area contributed by atoms with Crippen molar-refractivity contribution in [1.82, 2.24) is 15.3 Å². The minimum absolute atomic E-state index is 0.0893. The number of aryl methyl sites for hydroxylation is 1. The van der Waals surface area contributed by atoms with E-state index in [1.807, 2.05) is 12.1 Å². The SMILES string of the molecule is Cc1cnc(C(=O)NCc2ccc(OCCCC(=O)O)cc2)cn1. The molecule has 24 heavy (non-hydrogen) atoms. The van der Waals surface area contributed by atoms with E-state index in [9.17, 15) is 9.59 Å². The van der Waals surface area contributed by atoms with Gasteiger partial charge in [-0.05, 0) is 31.0 Å². The van der Waals surface area contributed by atoms with Crippen molar-refractivity contribution in [1.29, 1.82) is 0 Å². The molecular formula is C17H19N3O4. The van der Waals surface area contributed by atoms with Crippen LogP contribution in [0.2, 0.25) is 0 Å². The zero-order valence-corrected chi connectivity index (χ0v) is 13.4. The van der Waals surface area contributed by atoms with Crippen molar-refractivity contribution in [2.75, 3.05) is 6.61 Å². The zero-order chi connectivity index (χ0) is 17.4. The minimum Gasteiger partial charge on any atom is -0.494 e. The number of carboxylic acid groups (broad SMARTS) is 1. The lowest BCUT2D eigenvalue weighted by Crippen LogP contribution is -2.24. The van der Waals surface area contributed by atoms with Crippen molar-refractivity contribution in [3.05, 3.63) is 53.6 Å². The van der Waals surface area contributed by atoms with Crippen LogP contribution in [0, 0.1) is 6.92 Å². The maximum absolute atomic E-state index is 11.9. The fourth-order valence-corrected chi connectivity index (χ4v) is 1.90. The van der Waals surface area contributed by atoms with Gasteiger partial charge in [0.2, 0.25) is 0 Å². The number of ether oxygens (including phenoxy) is 1. The Morgan fingerprint density at radius 2 is 1.92 bits per heavy atom. The number of amides is 1. The van der Waals surface area contributed by atoms with Gasteiger partial charge in [-0.1, -0.05) is 12.1 Å². The third-order valence-electron chi connectivity index (χ3n) is 3.19. The van der Waals surface area contributed by atoms with Crippen LogP contribution < -0.4 is 10.1 Å². The Kier molecular flexibility index (Phi) is 6.24. The number of rotatable bonds is 8. The first-order valence-electron chi connectivity index (χ1n) is 7.55. The van der Waals surface area contributed by atoms with Crippen LogP contribution in [-0.2, 0) is 11.3 Å².